The predicted molar refractivity (Wildman–Crippen MR) is 74.5 cm³/mol. The summed E-state index contributed by atoms with van der Waals surface area (Å²) in [5, 5.41) is 0.475. The van der Waals surface area contributed by atoms with Crippen LogP contribution in [0.2, 0.25) is 0 Å². The molecule has 0 aliphatic rings. The summed E-state index contributed by atoms with van der Waals surface area (Å²) in [6, 6.07) is 0. The number of nitrogens with two attached hydrogens (primary N) is 1. The molecule has 2 N–H and O–H groups in total. The third-order valence-electron chi connectivity index (χ3n) is 1.70. The van der Waals surface area contributed by atoms with Gasteiger partial charge in [-0.1, -0.05) is 32.2 Å². The second-order valence-electron chi connectivity index (χ2n) is 3.15. The number of rotatable bonds is 6. The molecule has 0 aromatic heterocycles. The van der Waals surface area contributed by atoms with Crippen molar-refractivity contribution in [3.63, 3.8) is 0 Å². The van der Waals surface area contributed by atoms with Crippen molar-refractivity contribution in [2.45, 2.75) is 45.3 Å². The van der Waals surface area contributed by atoms with Gasteiger partial charge in [0.2, 0.25) is 0 Å². The fourth-order valence-electron chi connectivity index (χ4n) is 0.793. The summed E-state index contributed by atoms with van der Waals surface area (Å²) in [7, 11) is 0. The first-order valence-corrected chi connectivity index (χ1v) is 9.46. The van der Waals surface area contributed by atoms with Gasteiger partial charge in [0.1, 0.15) is 0 Å². The van der Waals surface area contributed by atoms with Crippen LogP contribution in [-0.4, -0.2) is 11.9 Å². The van der Waals surface area contributed by atoms with Gasteiger partial charge < -0.3 is 4.52 Å². The molecule has 0 rings (SSSR count). The first-order valence-electron chi connectivity index (χ1n) is 5.19. The fourth-order valence-corrected chi connectivity index (χ4v) is 5.75. The minimum atomic E-state index is -2.13. The zero-order chi connectivity index (χ0) is 11.7. The molecule has 0 aliphatic heterocycles. The van der Waals surface area contributed by atoms with Crippen molar-refractivity contribution in [2.75, 3.05) is 6.61 Å². The standard InChI is InChI=1S/C10H20NOPS2/c1-4-6-7-8-9-12-13(11,14)15-10(3)5-2/h10H,4-5,8-9H2,1-3H3,(H2,11,14). The van der Waals surface area contributed by atoms with E-state index < -0.39 is 5.62 Å². The van der Waals surface area contributed by atoms with Gasteiger partial charge in [-0.3, -0.25) is 5.50 Å². The van der Waals surface area contributed by atoms with E-state index in [1.807, 2.05) is 6.92 Å². The summed E-state index contributed by atoms with van der Waals surface area (Å²) in [6.45, 7) is 6.84. The average molecular weight is 265 g/mol. The molecule has 2 atom stereocenters. The van der Waals surface area contributed by atoms with Crippen molar-refractivity contribution in [2.24, 2.45) is 5.50 Å². The highest BCUT2D eigenvalue weighted by Crippen LogP contribution is 2.55. The maximum atomic E-state index is 5.93. The molecule has 5 heteroatoms. The van der Waals surface area contributed by atoms with Gasteiger partial charge in [-0.15, -0.1) is 11.8 Å². The largest absolute Gasteiger partial charge is 0.330 e. The van der Waals surface area contributed by atoms with Gasteiger partial charge in [0.25, 0.3) is 0 Å². The van der Waals surface area contributed by atoms with Gasteiger partial charge in [0.05, 0.1) is 6.61 Å². The molecule has 0 saturated carbocycles. The van der Waals surface area contributed by atoms with Crippen molar-refractivity contribution in [3.05, 3.63) is 0 Å². The molecular formula is C10H20NOPS2. The zero-order valence-corrected chi connectivity index (χ0v) is 12.2. The Morgan fingerprint density at radius 3 is 2.67 bits per heavy atom. The normalized spacial score (nSPS) is 16.3. The molecule has 2 unspecified atom stereocenters. The van der Waals surface area contributed by atoms with Gasteiger partial charge in [-0.2, -0.15) is 0 Å². The summed E-state index contributed by atoms with van der Waals surface area (Å²) in [5.41, 5.74) is 3.79. The number of hydrogen-bond acceptors (Lipinski definition) is 3. The first kappa shape index (κ1) is 15.5. The molecule has 15 heavy (non-hydrogen) atoms. The maximum Gasteiger partial charge on any atom is 0.183 e. The van der Waals surface area contributed by atoms with Gasteiger partial charge in [-0.05, 0) is 18.2 Å². The Labute approximate surface area is 103 Å². The summed E-state index contributed by atoms with van der Waals surface area (Å²) < 4.78 is 5.51. The maximum absolute atomic E-state index is 5.93. The Balaban J connectivity index is 3.79. The van der Waals surface area contributed by atoms with Crippen molar-refractivity contribution in [1.82, 2.24) is 0 Å². The van der Waals surface area contributed by atoms with Gasteiger partial charge in [0, 0.05) is 18.1 Å². The molecule has 2 nitrogen and oxygen atoms in total. The smallest absolute Gasteiger partial charge is 0.183 e. The molecule has 0 aromatic carbocycles. The van der Waals surface area contributed by atoms with Crippen LogP contribution in [0.15, 0.2) is 0 Å². The monoisotopic (exact) mass is 265 g/mol. The van der Waals surface area contributed by atoms with Gasteiger partial charge in [-0.25, -0.2) is 0 Å². The molecule has 0 fully saturated rings. The van der Waals surface area contributed by atoms with Gasteiger partial charge >= 0.3 is 0 Å². The van der Waals surface area contributed by atoms with Crippen LogP contribution in [0.25, 0.3) is 0 Å². The molecule has 0 saturated heterocycles. The highest BCUT2D eigenvalue weighted by molar-refractivity contribution is 8.68. The SMILES string of the molecule is CCC#CCCOP(N)(=S)SC(C)CC. The Bertz CT molecular complexity index is 272. The Morgan fingerprint density at radius 2 is 2.13 bits per heavy atom. The second kappa shape index (κ2) is 8.61. The van der Waals surface area contributed by atoms with Crippen molar-refractivity contribution in [3.8, 4) is 11.8 Å². The highest BCUT2D eigenvalue weighted by atomic mass is 32.9. The van der Waals surface area contributed by atoms with E-state index in [0.29, 0.717) is 11.9 Å². The summed E-state index contributed by atoms with van der Waals surface area (Å²) in [4.78, 5) is 0. The Kier molecular flexibility index (Phi) is 8.89. The summed E-state index contributed by atoms with van der Waals surface area (Å²) in [5.74, 6) is 5.99. The van der Waals surface area contributed by atoms with Crippen LogP contribution < -0.4 is 5.50 Å². The molecule has 0 heterocycles. The second-order valence-corrected chi connectivity index (χ2v) is 10.1. The molecule has 0 aromatic rings. The van der Waals surface area contributed by atoms with E-state index >= 15 is 0 Å². The molecule has 0 radical (unpaired) electrons. The van der Waals surface area contributed by atoms with Crippen LogP contribution in [0.3, 0.4) is 0 Å². The van der Waals surface area contributed by atoms with Gasteiger partial charge in [0.15, 0.2) is 5.62 Å². The zero-order valence-electron chi connectivity index (χ0n) is 9.66. The van der Waals surface area contributed by atoms with Crippen molar-refractivity contribution in [1.29, 1.82) is 0 Å². The quantitative estimate of drug-likeness (QED) is 0.453. The molecule has 0 bridgehead atoms. The third kappa shape index (κ3) is 9.41. The Hall–Kier alpha value is 0.480. The molecular weight excluding hydrogens is 245 g/mol. The lowest BCUT2D eigenvalue weighted by Gasteiger charge is -2.19. The van der Waals surface area contributed by atoms with E-state index in [2.05, 4.69) is 25.7 Å². The topological polar surface area (TPSA) is 35.2 Å². The van der Waals surface area contributed by atoms with E-state index in [9.17, 15) is 0 Å². The Morgan fingerprint density at radius 1 is 1.47 bits per heavy atom. The highest BCUT2D eigenvalue weighted by Gasteiger charge is 2.15. The minimum Gasteiger partial charge on any atom is -0.330 e. The lowest BCUT2D eigenvalue weighted by atomic mass is 10.4. The van der Waals surface area contributed by atoms with Crippen LogP contribution in [-0.2, 0) is 16.3 Å². The fraction of sp³-hybridized carbons (Fsp3) is 0.800. The molecule has 0 aliphatic carbocycles. The lowest BCUT2D eigenvalue weighted by Crippen LogP contribution is -2.02. The van der Waals surface area contributed by atoms with E-state index in [-0.39, 0.29) is 0 Å². The lowest BCUT2D eigenvalue weighted by molar-refractivity contribution is 0.370. The molecule has 0 spiro atoms. The van der Waals surface area contributed by atoms with E-state index in [1.165, 1.54) is 0 Å². The van der Waals surface area contributed by atoms with Crippen molar-refractivity contribution >= 4 is 28.8 Å². The number of hydrogen-bond donors (Lipinski definition) is 1. The van der Waals surface area contributed by atoms with Crippen LogP contribution in [0.5, 0.6) is 0 Å². The minimum absolute atomic E-state index is 0.475. The molecule has 0 amide bonds. The van der Waals surface area contributed by atoms with Crippen molar-refractivity contribution < 1.29 is 4.52 Å². The predicted octanol–water partition coefficient (Wildman–Crippen LogP) is 3.52. The van der Waals surface area contributed by atoms with Crippen LogP contribution in [0.1, 0.15) is 40.0 Å². The van der Waals surface area contributed by atoms with Crippen LogP contribution in [0, 0.1) is 11.8 Å². The summed E-state index contributed by atoms with van der Waals surface area (Å²) in [6.07, 6.45) is 2.68. The third-order valence-corrected chi connectivity index (χ3v) is 6.60. The average Bonchev–Trinajstić information content (AvgIpc) is 2.16. The van der Waals surface area contributed by atoms with Crippen LogP contribution >= 0.6 is 17.0 Å². The molecule has 88 valence electrons. The van der Waals surface area contributed by atoms with E-state index in [0.717, 1.165) is 19.3 Å². The summed E-state index contributed by atoms with van der Waals surface area (Å²) >= 11 is 6.84. The van der Waals surface area contributed by atoms with Crippen LogP contribution in [0.4, 0.5) is 0 Å². The van der Waals surface area contributed by atoms with E-state index in [1.54, 1.807) is 11.4 Å². The van der Waals surface area contributed by atoms with E-state index in [4.69, 9.17) is 21.8 Å². The first-order chi connectivity index (χ1) is 7.02.